The van der Waals surface area contributed by atoms with Crippen molar-refractivity contribution < 1.29 is 18.3 Å². The maximum Gasteiger partial charge on any atom is 0.131 e. The molecule has 0 saturated carbocycles. The highest BCUT2D eigenvalue weighted by Crippen LogP contribution is 2.29. The summed E-state index contributed by atoms with van der Waals surface area (Å²) >= 11 is 0. The largest absolute Gasteiger partial charge is 0.497 e. The van der Waals surface area contributed by atoms with Gasteiger partial charge in [0, 0.05) is 17.7 Å². The van der Waals surface area contributed by atoms with Crippen molar-refractivity contribution in [2.45, 2.75) is 6.04 Å². The van der Waals surface area contributed by atoms with Crippen molar-refractivity contribution in [1.29, 1.82) is 0 Å². The molecule has 0 aliphatic rings. The van der Waals surface area contributed by atoms with Gasteiger partial charge in [-0.05, 0) is 23.8 Å². The molecule has 2 aromatic carbocycles. The standard InChI is InChI=1S/C15H15F2NO2/c1-19-11-5-9(6-12(8-11)20-2)15(18)13-4-3-10(16)7-14(13)17/h3-8,15H,18H2,1-2H3. The fourth-order valence-corrected chi connectivity index (χ4v) is 1.94. The third-order valence-corrected chi connectivity index (χ3v) is 3.03. The lowest BCUT2D eigenvalue weighted by atomic mass is 9.98. The van der Waals surface area contributed by atoms with Crippen molar-refractivity contribution in [3.63, 3.8) is 0 Å². The average Bonchev–Trinajstić information content (AvgIpc) is 2.46. The molecule has 2 aromatic rings. The van der Waals surface area contributed by atoms with Crippen molar-refractivity contribution >= 4 is 0 Å². The van der Waals surface area contributed by atoms with Gasteiger partial charge in [-0.1, -0.05) is 6.07 Å². The smallest absolute Gasteiger partial charge is 0.131 e. The molecule has 2 N–H and O–H groups in total. The Bertz CT molecular complexity index is 595. The molecule has 106 valence electrons. The highest BCUT2D eigenvalue weighted by Gasteiger charge is 2.16. The van der Waals surface area contributed by atoms with E-state index in [2.05, 4.69) is 0 Å². The number of benzene rings is 2. The number of rotatable bonds is 4. The summed E-state index contributed by atoms with van der Waals surface area (Å²) in [5.41, 5.74) is 6.87. The first-order valence-electron chi connectivity index (χ1n) is 5.98. The first-order valence-corrected chi connectivity index (χ1v) is 5.98. The first-order chi connectivity index (χ1) is 9.55. The van der Waals surface area contributed by atoms with Gasteiger partial charge in [0.25, 0.3) is 0 Å². The van der Waals surface area contributed by atoms with Crippen molar-refractivity contribution in [2.24, 2.45) is 5.73 Å². The summed E-state index contributed by atoms with van der Waals surface area (Å²) in [6.07, 6.45) is 0. The average molecular weight is 279 g/mol. The normalized spacial score (nSPS) is 12.1. The van der Waals surface area contributed by atoms with Crippen LogP contribution in [0.15, 0.2) is 36.4 Å². The minimum atomic E-state index is -0.736. The zero-order chi connectivity index (χ0) is 14.7. The molecule has 0 amide bonds. The highest BCUT2D eigenvalue weighted by atomic mass is 19.1. The van der Waals surface area contributed by atoms with Crippen LogP contribution in [0.4, 0.5) is 8.78 Å². The molecule has 3 nitrogen and oxygen atoms in total. The van der Waals surface area contributed by atoms with Gasteiger partial charge in [0.1, 0.15) is 23.1 Å². The first kappa shape index (κ1) is 14.3. The van der Waals surface area contributed by atoms with E-state index >= 15 is 0 Å². The highest BCUT2D eigenvalue weighted by molar-refractivity contribution is 5.43. The van der Waals surface area contributed by atoms with E-state index in [1.165, 1.54) is 26.4 Å². The van der Waals surface area contributed by atoms with Gasteiger partial charge in [-0.25, -0.2) is 8.78 Å². The number of methoxy groups -OCH3 is 2. The van der Waals surface area contributed by atoms with Crippen molar-refractivity contribution in [1.82, 2.24) is 0 Å². The van der Waals surface area contributed by atoms with Crippen LogP contribution in [0.25, 0.3) is 0 Å². The number of hydrogen-bond donors (Lipinski definition) is 1. The Kier molecular flexibility index (Phi) is 4.20. The number of ether oxygens (including phenoxy) is 2. The molecule has 2 rings (SSSR count). The molecule has 0 spiro atoms. The van der Waals surface area contributed by atoms with Gasteiger partial charge in [0.05, 0.1) is 20.3 Å². The van der Waals surface area contributed by atoms with Crippen LogP contribution in [-0.2, 0) is 0 Å². The summed E-state index contributed by atoms with van der Waals surface area (Å²) in [5, 5.41) is 0. The maximum absolute atomic E-state index is 13.8. The second kappa shape index (κ2) is 5.88. The zero-order valence-corrected chi connectivity index (χ0v) is 11.2. The van der Waals surface area contributed by atoms with E-state index in [1.807, 2.05) is 0 Å². The zero-order valence-electron chi connectivity index (χ0n) is 11.2. The SMILES string of the molecule is COc1cc(OC)cc(C(N)c2ccc(F)cc2F)c1. The summed E-state index contributed by atoms with van der Waals surface area (Å²) in [6.45, 7) is 0. The lowest BCUT2D eigenvalue weighted by Crippen LogP contribution is -2.14. The van der Waals surface area contributed by atoms with Crippen LogP contribution in [0.2, 0.25) is 0 Å². The summed E-state index contributed by atoms with van der Waals surface area (Å²) in [4.78, 5) is 0. The second-order valence-corrected chi connectivity index (χ2v) is 4.29. The molecule has 0 bridgehead atoms. The van der Waals surface area contributed by atoms with Crippen molar-refractivity contribution in [2.75, 3.05) is 14.2 Å². The van der Waals surface area contributed by atoms with Crippen LogP contribution < -0.4 is 15.2 Å². The summed E-state index contributed by atoms with van der Waals surface area (Å²) in [6, 6.07) is 7.66. The van der Waals surface area contributed by atoms with E-state index in [1.54, 1.807) is 18.2 Å². The lowest BCUT2D eigenvalue weighted by Gasteiger charge is -2.16. The lowest BCUT2D eigenvalue weighted by molar-refractivity contribution is 0.393. The van der Waals surface area contributed by atoms with Crippen molar-refractivity contribution in [3.05, 3.63) is 59.2 Å². The van der Waals surface area contributed by atoms with Crippen LogP contribution in [0, 0.1) is 11.6 Å². The van der Waals surface area contributed by atoms with Gasteiger partial charge in [-0.15, -0.1) is 0 Å². The minimum Gasteiger partial charge on any atom is -0.497 e. The van der Waals surface area contributed by atoms with Gasteiger partial charge in [0.15, 0.2) is 0 Å². The molecule has 0 aromatic heterocycles. The summed E-state index contributed by atoms with van der Waals surface area (Å²) in [5.74, 6) is -0.212. The van der Waals surface area contributed by atoms with Gasteiger partial charge in [0.2, 0.25) is 0 Å². The number of nitrogens with two attached hydrogens (primary N) is 1. The fraction of sp³-hybridized carbons (Fsp3) is 0.200. The van der Waals surface area contributed by atoms with E-state index in [-0.39, 0.29) is 5.56 Å². The molecule has 0 aliphatic heterocycles. The topological polar surface area (TPSA) is 44.5 Å². The number of halogens is 2. The molecular formula is C15H15F2NO2. The molecule has 5 heteroatoms. The molecule has 0 aliphatic carbocycles. The minimum absolute atomic E-state index is 0.210. The third kappa shape index (κ3) is 2.88. The van der Waals surface area contributed by atoms with Crippen molar-refractivity contribution in [3.8, 4) is 11.5 Å². The molecule has 0 heterocycles. The van der Waals surface area contributed by atoms with Crippen LogP contribution in [0.5, 0.6) is 11.5 Å². The Morgan fingerprint density at radius 3 is 2.05 bits per heavy atom. The van der Waals surface area contributed by atoms with Gasteiger partial charge in [-0.2, -0.15) is 0 Å². The predicted octanol–water partition coefficient (Wildman–Crippen LogP) is 3.03. The Labute approximate surface area is 115 Å². The summed E-state index contributed by atoms with van der Waals surface area (Å²) in [7, 11) is 3.03. The fourth-order valence-electron chi connectivity index (χ4n) is 1.94. The van der Waals surface area contributed by atoms with E-state index in [4.69, 9.17) is 15.2 Å². The molecule has 0 radical (unpaired) electrons. The van der Waals surface area contributed by atoms with Crippen LogP contribution in [0.3, 0.4) is 0 Å². The van der Waals surface area contributed by atoms with E-state index in [9.17, 15) is 8.78 Å². The Morgan fingerprint density at radius 2 is 1.55 bits per heavy atom. The Hall–Kier alpha value is -2.14. The molecular weight excluding hydrogens is 264 g/mol. The van der Waals surface area contributed by atoms with Crippen LogP contribution in [0.1, 0.15) is 17.2 Å². The molecule has 0 saturated heterocycles. The molecule has 1 atom stereocenters. The van der Waals surface area contributed by atoms with Crippen LogP contribution in [-0.4, -0.2) is 14.2 Å². The van der Waals surface area contributed by atoms with Gasteiger partial charge in [-0.3, -0.25) is 0 Å². The van der Waals surface area contributed by atoms with Gasteiger partial charge >= 0.3 is 0 Å². The quantitative estimate of drug-likeness (QED) is 0.935. The molecule has 20 heavy (non-hydrogen) atoms. The maximum atomic E-state index is 13.8. The van der Waals surface area contributed by atoms with Crippen LogP contribution >= 0.6 is 0 Å². The van der Waals surface area contributed by atoms with Gasteiger partial charge < -0.3 is 15.2 Å². The third-order valence-electron chi connectivity index (χ3n) is 3.03. The monoisotopic (exact) mass is 279 g/mol. The molecule has 1 unspecified atom stereocenters. The van der Waals surface area contributed by atoms with E-state index in [0.29, 0.717) is 17.1 Å². The molecule has 0 fully saturated rings. The number of hydrogen-bond acceptors (Lipinski definition) is 3. The Morgan fingerprint density at radius 1 is 0.950 bits per heavy atom. The van der Waals surface area contributed by atoms with E-state index < -0.39 is 17.7 Å². The van der Waals surface area contributed by atoms with E-state index in [0.717, 1.165) is 6.07 Å². The summed E-state index contributed by atoms with van der Waals surface area (Å²) < 4.78 is 37.0. The predicted molar refractivity (Wildman–Crippen MR) is 71.9 cm³/mol. The Balaban J connectivity index is 2.44. The second-order valence-electron chi connectivity index (χ2n) is 4.29.